The molecule has 0 saturated carbocycles. The van der Waals surface area contributed by atoms with Crippen LogP contribution in [-0.2, 0) is 6.42 Å². The molecule has 1 unspecified atom stereocenters. The Balaban J connectivity index is 2.64. The van der Waals surface area contributed by atoms with Gasteiger partial charge >= 0.3 is 0 Å². The largest absolute Gasteiger partial charge is 0.343 e. The van der Waals surface area contributed by atoms with Gasteiger partial charge in [-0.3, -0.25) is 0 Å². The predicted octanol–water partition coefficient (Wildman–Crippen LogP) is 3.64. The van der Waals surface area contributed by atoms with E-state index in [1.807, 2.05) is 0 Å². The molecule has 0 radical (unpaired) electrons. The number of hydrogen-bond acceptors (Lipinski definition) is 3. The Labute approximate surface area is 134 Å². The van der Waals surface area contributed by atoms with Crippen molar-refractivity contribution in [1.29, 1.82) is 0 Å². The molecule has 0 aliphatic carbocycles. The van der Waals surface area contributed by atoms with Crippen LogP contribution >= 0.6 is 0 Å². The molecule has 0 saturated heterocycles. The molecule has 0 fully saturated rings. The normalized spacial score (nSPS) is 13.3. The number of unbranched alkanes of at least 4 members (excludes halogenated alkanes) is 5. The van der Waals surface area contributed by atoms with E-state index >= 15 is 0 Å². The van der Waals surface area contributed by atoms with Crippen LogP contribution in [0.15, 0.2) is 12.1 Å². The number of halogens is 3. The standard InChI is InChI=1S/C17H25F3O3/c1-2-3-4-5-6-7-8-13(17(21,22)23)9-12-10-15(19)16(20)11-14(12)18/h10-11,13,21-23H,2-9H2,1H3. The van der Waals surface area contributed by atoms with Crippen molar-refractivity contribution in [3.05, 3.63) is 35.1 Å². The van der Waals surface area contributed by atoms with Crippen LogP contribution in [0, 0.1) is 23.4 Å². The highest BCUT2D eigenvalue weighted by atomic mass is 19.2. The van der Waals surface area contributed by atoms with Gasteiger partial charge in [0.2, 0.25) is 0 Å². The lowest BCUT2D eigenvalue weighted by molar-refractivity contribution is -0.342. The molecule has 132 valence electrons. The van der Waals surface area contributed by atoms with Crippen LogP contribution < -0.4 is 0 Å². The maximum Gasteiger partial charge on any atom is 0.278 e. The van der Waals surface area contributed by atoms with Crippen molar-refractivity contribution >= 4 is 0 Å². The van der Waals surface area contributed by atoms with Crippen molar-refractivity contribution in [2.75, 3.05) is 0 Å². The molecule has 0 heterocycles. The highest BCUT2D eigenvalue weighted by Gasteiger charge is 2.32. The van der Waals surface area contributed by atoms with Gasteiger partial charge in [-0.05, 0) is 24.5 Å². The van der Waals surface area contributed by atoms with E-state index in [0.717, 1.165) is 32.1 Å². The van der Waals surface area contributed by atoms with Crippen LogP contribution in [0.2, 0.25) is 0 Å². The van der Waals surface area contributed by atoms with E-state index < -0.39 is 29.3 Å². The summed E-state index contributed by atoms with van der Waals surface area (Å²) in [6.07, 6.45) is 5.76. The first-order valence-electron chi connectivity index (χ1n) is 8.06. The number of benzene rings is 1. The minimum Gasteiger partial charge on any atom is -0.343 e. The summed E-state index contributed by atoms with van der Waals surface area (Å²) < 4.78 is 39.8. The van der Waals surface area contributed by atoms with Crippen LogP contribution in [0.25, 0.3) is 0 Å². The fourth-order valence-electron chi connectivity index (χ4n) is 2.59. The van der Waals surface area contributed by atoms with Crippen LogP contribution in [0.3, 0.4) is 0 Å². The zero-order chi connectivity index (χ0) is 17.5. The highest BCUT2D eigenvalue weighted by molar-refractivity contribution is 5.20. The van der Waals surface area contributed by atoms with Gasteiger partial charge in [0, 0.05) is 12.0 Å². The Morgan fingerprint density at radius 3 is 2.04 bits per heavy atom. The predicted molar refractivity (Wildman–Crippen MR) is 80.9 cm³/mol. The smallest absolute Gasteiger partial charge is 0.278 e. The van der Waals surface area contributed by atoms with Gasteiger partial charge in [-0.25, -0.2) is 13.2 Å². The summed E-state index contributed by atoms with van der Waals surface area (Å²) >= 11 is 0. The Morgan fingerprint density at radius 2 is 1.43 bits per heavy atom. The molecule has 1 aromatic carbocycles. The SMILES string of the molecule is CCCCCCCCC(Cc1cc(F)c(F)cc1F)C(O)(O)O. The van der Waals surface area contributed by atoms with Crippen LogP contribution in [0.5, 0.6) is 0 Å². The van der Waals surface area contributed by atoms with Crippen LogP contribution in [0.1, 0.15) is 57.4 Å². The summed E-state index contributed by atoms with van der Waals surface area (Å²) in [5.41, 5.74) is -0.193. The summed E-state index contributed by atoms with van der Waals surface area (Å²) in [7, 11) is 0. The van der Waals surface area contributed by atoms with Gasteiger partial charge in [-0.2, -0.15) is 0 Å². The molecular weight excluding hydrogens is 309 g/mol. The molecule has 0 spiro atoms. The Bertz CT molecular complexity index is 487. The van der Waals surface area contributed by atoms with Crippen molar-refractivity contribution in [2.24, 2.45) is 5.92 Å². The molecule has 3 N–H and O–H groups in total. The van der Waals surface area contributed by atoms with E-state index in [9.17, 15) is 28.5 Å². The fourth-order valence-corrected chi connectivity index (χ4v) is 2.59. The molecular formula is C17H25F3O3. The van der Waals surface area contributed by atoms with Crippen molar-refractivity contribution in [3.63, 3.8) is 0 Å². The Morgan fingerprint density at radius 1 is 0.870 bits per heavy atom. The van der Waals surface area contributed by atoms with E-state index in [1.54, 1.807) is 0 Å². The van der Waals surface area contributed by atoms with E-state index in [2.05, 4.69) is 6.92 Å². The average molecular weight is 334 g/mol. The zero-order valence-corrected chi connectivity index (χ0v) is 13.4. The minimum atomic E-state index is -2.99. The lowest BCUT2D eigenvalue weighted by Crippen LogP contribution is -2.38. The first kappa shape index (κ1) is 19.9. The van der Waals surface area contributed by atoms with E-state index in [4.69, 9.17) is 0 Å². The number of aliphatic hydroxyl groups is 3. The Hall–Kier alpha value is -1.11. The topological polar surface area (TPSA) is 60.7 Å². The second-order valence-corrected chi connectivity index (χ2v) is 6.00. The van der Waals surface area contributed by atoms with Crippen molar-refractivity contribution in [1.82, 2.24) is 0 Å². The Kier molecular flexibility index (Phi) is 8.02. The average Bonchev–Trinajstić information content (AvgIpc) is 2.45. The van der Waals surface area contributed by atoms with Crippen molar-refractivity contribution in [2.45, 2.75) is 64.3 Å². The van der Waals surface area contributed by atoms with Gasteiger partial charge in [0.05, 0.1) is 0 Å². The third kappa shape index (κ3) is 6.89. The maximum atomic E-state index is 13.7. The molecule has 6 heteroatoms. The van der Waals surface area contributed by atoms with Gasteiger partial charge in [0.1, 0.15) is 5.82 Å². The van der Waals surface area contributed by atoms with Crippen LogP contribution in [-0.4, -0.2) is 21.3 Å². The highest BCUT2D eigenvalue weighted by Crippen LogP contribution is 2.26. The summed E-state index contributed by atoms with van der Waals surface area (Å²) in [6.45, 7) is 2.10. The lowest BCUT2D eigenvalue weighted by Gasteiger charge is -2.26. The molecule has 3 nitrogen and oxygen atoms in total. The molecule has 0 aliphatic rings. The van der Waals surface area contributed by atoms with Gasteiger partial charge < -0.3 is 15.3 Å². The summed E-state index contributed by atoms with van der Waals surface area (Å²) in [5, 5.41) is 28.2. The molecule has 1 atom stereocenters. The maximum absolute atomic E-state index is 13.7. The first-order chi connectivity index (χ1) is 10.8. The summed E-state index contributed by atoms with van der Waals surface area (Å²) in [6, 6.07) is 1.10. The van der Waals surface area contributed by atoms with Crippen molar-refractivity contribution in [3.8, 4) is 0 Å². The minimum absolute atomic E-state index is 0.193. The molecule has 1 aromatic rings. The monoisotopic (exact) mass is 334 g/mol. The first-order valence-corrected chi connectivity index (χ1v) is 8.06. The second-order valence-electron chi connectivity index (χ2n) is 6.00. The fraction of sp³-hybridized carbons (Fsp3) is 0.647. The van der Waals surface area contributed by atoms with Gasteiger partial charge in [-0.1, -0.05) is 45.4 Å². The third-order valence-corrected chi connectivity index (χ3v) is 4.01. The molecule has 0 bridgehead atoms. The van der Waals surface area contributed by atoms with E-state index in [1.165, 1.54) is 0 Å². The second kappa shape index (κ2) is 9.25. The molecule has 0 aliphatic heterocycles. The lowest BCUT2D eigenvalue weighted by atomic mass is 9.91. The van der Waals surface area contributed by atoms with Gasteiger partial charge in [0.15, 0.2) is 11.6 Å². The zero-order valence-electron chi connectivity index (χ0n) is 13.4. The molecule has 0 amide bonds. The number of rotatable bonds is 10. The van der Waals surface area contributed by atoms with E-state index in [0.29, 0.717) is 18.6 Å². The van der Waals surface area contributed by atoms with Crippen LogP contribution in [0.4, 0.5) is 13.2 Å². The van der Waals surface area contributed by atoms with Crippen molar-refractivity contribution < 1.29 is 28.5 Å². The quantitative estimate of drug-likeness (QED) is 0.348. The van der Waals surface area contributed by atoms with Gasteiger partial charge in [-0.15, -0.1) is 0 Å². The molecule has 0 aromatic heterocycles. The summed E-state index contributed by atoms with van der Waals surface area (Å²) in [5.74, 6) is -7.55. The molecule has 1 rings (SSSR count). The summed E-state index contributed by atoms with van der Waals surface area (Å²) in [4.78, 5) is 0. The van der Waals surface area contributed by atoms with Gasteiger partial charge in [0.25, 0.3) is 5.97 Å². The number of hydrogen-bond donors (Lipinski definition) is 3. The van der Waals surface area contributed by atoms with E-state index in [-0.39, 0.29) is 18.4 Å². The third-order valence-electron chi connectivity index (χ3n) is 4.01. The molecule has 23 heavy (non-hydrogen) atoms.